The molecule has 0 heterocycles. The molecule has 5 heteroatoms. The lowest BCUT2D eigenvalue weighted by Crippen LogP contribution is -2.45. The minimum atomic E-state index is -1.05. The van der Waals surface area contributed by atoms with E-state index in [2.05, 4.69) is 5.32 Å². The lowest BCUT2D eigenvalue weighted by molar-refractivity contribution is -0.143. The van der Waals surface area contributed by atoms with Gasteiger partial charge in [-0.05, 0) is 23.6 Å². The van der Waals surface area contributed by atoms with E-state index in [4.69, 9.17) is 5.11 Å². The Morgan fingerprint density at radius 2 is 2.11 bits per heavy atom. The lowest BCUT2D eigenvalue weighted by Gasteiger charge is -2.20. The SMILES string of the molecule is CC[C@@H](C)[C@@H](NC(=O)Cc1cccc(F)c1)C(=O)O. The summed E-state index contributed by atoms with van der Waals surface area (Å²) in [6, 6.07) is 4.79. The van der Waals surface area contributed by atoms with Gasteiger partial charge in [0.15, 0.2) is 0 Å². The Bertz CT molecular complexity index is 462. The number of aliphatic carboxylic acids is 1. The molecule has 0 saturated carbocycles. The zero-order chi connectivity index (χ0) is 14.4. The number of benzene rings is 1. The van der Waals surface area contributed by atoms with E-state index in [1.165, 1.54) is 18.2 Å². The third-order valence-electron chi connectivity index (χ3n) is 3.05. The number of nitrogens with one attached hydrogen (secondary N) is 1. The topological polar surface area (TPSA) is 66.4 Å². The molecule has 1 rings (SSSR count). The van der Waals surface area contributed by atoms with Crippen LogP contribution in [0.25, 0.3) is 0 Å². The summed E-state index contributed by atoms with van der Waals surface area (Å²) < 4.78 is 13.0. The van der Waals surface area contributed by atoms with Crippen LogP contribution in [0.3, 0.4) is 0 Å². The molecule has 2 atom stereocenters. The number of carboxylic acid groups (broad SMARTS) is 1. The Labute approximate surface area is 111 Å². The number of hydrogen-bond donors (Lipinski definition) is 2. The van der Waals surface area contributed by atoms with Gasteiger partial charge in [-0.25, -0.2) is 9.18 Å². The van der Waals surface area contributed by atoms with E-state index in [0.29, 0.717) is 12.0 Å². The molecule has 1 amide bonds. The molecule has 0 spiro atoms. The van der Waals surface area contributed by atoms with Crippen LogP contribution in [-0.4, -0.2) is 23.0 Å². The Morgan fingerprint density at radius 1 is 1.42 bits per heavy atom. The van der Waals surface area contributed by atoms with Crippen molar-refractivity contribution in [1.82, 2.24) is 5.32 Å². The molecule has 1 aromatic rings. The zero-order valence-corrected chi connectivity index (χ0v) is 11.0. The second-order valence-corrected chi connectivity index (χ2v) is 4.58. The van der Waals surface area contributed by atoms with Crippen molar-refractivity contribution in [1.29, 1.82) is 0 Å². The van der Waals surface area contributed by atoms with E-state index in [0.717, 1.165) is 0 Å². The van der Waals surface area contributed by atoms with E-state index in [1.54, 1.807) is 13.0 Å². The third-order valence-corrected chi connectivity index (χ3v) is 3.05. The van der Waals surface area contributed by atoms with Gasteiger partial charge in [-0.1, -0.05) is 32.4 Å². The van der Waals surface area contributed by atoms with Crippen molar-refractivity contribution in [2.75, 3.05) is 0 Å². The molecule has 2 N–H and O–H groups in total. The zero-order valence-electron chi connectivity index (χ0n) is 11.0. The van der Waals surface area contributed by atoms with E-state index >= 15 is 0 Å². The Hall–Kier alpha value is -1.91. The van der Waals surface area contributed by atoms with Crippen molar-refractivity contribution >= 4 is 11.9 Å². The molecule has 0 aliphatic rings. The number of carbonyl (C=O) groups excluding carboxylic acids is 1. The standard InChI is InChI=1S/C14H18FNO3/c1-3-9(2)13(14(18)19)16-12(17)8-10-5-4-6-11(15)7-10/h4-7,9,13H,3,8H2,1-2H3,(H,16,17)(H,18,19)/t9-,13-/m1/s1. The molecule has 0 aromatic heterocycles. The maximum absolute atomic E-state index is 13.0. The molecule has 4 nitrogen and oxygen atoms in total. The maximum Gasteiger partial charge on any atom is 0.326 e. The van der Waals surface area contributed by atoms with E-state index in [-0.39, 0.29) is 12.3 Å². The van der Waals surface area contributed by atoms with Gasteiger partial charge in [0.1, 0.15) is 11.9 Å². The molecular formula is C14H18FNO3. The molecule has 0 aliphatic heterocycles. The summed E-state index contributed by atoms with van der Waals surface area (Å²) in [6.07, 6.45) is 0.620. The molecule has 0 fully saturated rings. The molecule has 1 aromatic carbocycles. The number of amides is 1. The summed E-state index contributed by atoms with van der Waals surface area (Å²) in [4.78, 5) is 22.8. The van der Waals surface area contributed by atoms with Crippen LogP contribution in [0.1, 0.15) is 25.8 Å². The van der Waals surface area contributed by atoms with Crippen LogP contribution < -0.4 is 5.32 Å². The summed E-state index contributed by atoms with van der Waals surface area (Å²) in [5.41, 5.74) is 0.519. The van der Waals surface area contributed by atoms with Crippen LogP contribution in [0.4, 0.5) is 4.39 Å². The van der Waals surface area contributed by atoms with Gasteiger partial charge in [-0.2, -0.15) is 0 Å². The summed E-state index contributed by atoms with van der Waals surface area (Å²) >= 11 is 0. The summed E-state index contributed by atoms with van der Waals surface area (Å²) in [5.74, 6) is -2.05. The van der Waals surface area contributed by atoms with Crippen LogP contribution in [0.5, 0.6) is 0 Å². The largest absolute Gasteiger partial charge is 0.480 e. The molecule has 0 radical (unpaired) electrons. The minimum Gasteiger partial charge on any atom is -0.480 e. The van der Waals surface area contributed by atoms with Crippen LogP contribution in [0.15, 0.2) is 24.3 Å². The van der Waals surface area contributed by atoms with Gasteiger partial charge in [-0.3, -0.25) is 4.79 Å². The van der Waals surface area contributed by atoms with Crippen molar-refractivity contribution in [3.8, 4) is 0 Å². The molecular weight excluding hydrogens is 249 g/mol. The highest BCUT2D eigenvalue weighted by Crippen LogP contribution is 2.09. The molecule has 0 bridgehead atoms. The molecule has 0 aliphatic carbocycles. The highest BCUT2D eigenvalue weighted by molar-refractivity contribution is 5.85. The number of carboxylic acids is 1. The first-order chi connectivity index (χ1) is 8.93. The quantitative estimate of drug-likeness (QED) is 0.828. The molecule has 0 saturated heterocycles. The van der Waals surface area contributed by atoms with Crippen molar-refractivity contribution in [3.05, 3.63) is 35.6 Å². The van der Waals surface area contributed by atoms with Crippen LogP contribution in [0, 0.1) is 11.7 Å². The fraction of sp³-hybridized carbons (Fsp3) is 0.429. The van der Waals surface area contributed by atoms with Gasteiger partial charge < -0.3 is 10.4 Å². The Kier molecular flexibility index (Phi) is 5.48. The minimum absolute atomic E-state index is 0.0298. The monoisotopic (exact) mass is 267 g/mol. The van der Waals surface area contributed by atoms with Crippen molar-refractivity contribution in [2.45, 2.75) is 32.7 Å². The van der Waals surface area contributed by atoms with Gasteiger partial charge in [0.25, 0.3) is 0 Å². The maximum atomic E-state index is 13.0. The summed E-state index contributed by atoms with van der Waals surface area (Å²) in [5, 5.41) is 11.5. The van der Waals surface area contributed by atoms with E-state index in [1.807, 2.05) is 6.92 Å². The number of rotatable bonds is 6. The predicted molar refractivity (Wildman–Crippen MR) is 69.1 cm³/mol. The van der Waals surface area contributed by atoms with Crippen LogP contribution >= 0.6 is 0 Å². The number of halogens is 1. The predicted octanol–water partition coefficient (Wildman–Crippen LogP) is 1.98. The first-order valence-electron chi connectivity index (χ1n) is 6.20. The fourth-order valence-corrected chi connectivity index (χ4v) is 1.74. The third kappa shape index (κ3) is 4.69. The molecule has 19 heavy (non-hydrogen) atoms. The summed E-state index contributed by atoms with van der Waals surface area (Å²) in [7, 11) is 0. The smallest absolute Gasteiger partial charge is 0.326 e. The highest BCUT2D eigenvalue weighted by Gasteiger charge is 2.25. The first kappa shape index (κ1) is 15.1. The Morgan fingerprint density at radius 3 is 2.63 bits per heavy atom. The lowest BCUT2D eigenvalue weighted by atomic mass is 9.99. The van der Waals surface area contributed by atoms with Gasteiger partial charge in [0.05, 0.1) is 6.42 Å². The highest BCUT2D eigenvalue weighted by atomic mass is 19.1. The van der Waals surface area contributed by atoms with Crippen molar-refractivity contribution in [2.24, 2.45) is 5.92 Å². The second-order valence-electron chi connectivity index (χ2n) is 4.58. The first-order valence-corrected chi connectivity index (χ1v) is 6.20. The average Bonchev–Trinajstić information content (AvgIpc) is 2.34. The van der Waals surface area contributed by atoms with Gasteiger partial charge in [-0.15, -0.1) is 0 Å². The van der Waals surface area contributed by atoms with E-state index in [9.17, 15) is 14.0 Å². The van der Waals surface area contributed by atoms with Crippen molar-refractivity contribution in [3.63, 3.8) is 0 Å². The van der Waals surface area contributed by atoms with Gasteiger partial charge >= 0.3 is 5.97 Å². The molecule has 0 unspecified atom stereocenters. The van der Waals surface area contributed by atoms with Crippen LogP contribution in [-0.2, 0) is 16.0 Å². The van der Waals surface area contributed by atoms with Gasteiger partial charge in [0.2, 0.25) is 5.91 Å². The second kappa shape index (κ2) is 6.87. The van der Waals surface area contributed by atoms with Crippen LogP contribution in [0.2, 0.25) is 0 Å². The summed E-state index contributed by atoms with van der Waals surface area (Å²) in [6.45, 7) is 3.63. The average molecular weight is 267 g/mol. The van der Waals surface area contributed by atoms with Crippen molar-refractivity contribution < 1.29 is 19.1 Å². The Balaban J connectivity index is 2.65. The van der Waals surface area contributed by atoms with E-state index < -0.39 is 23.7 Å². The normalized spacial score (nSPS) is 13.6. The number of carbonyl (C=O) groups is 2. The van der Waals surface area contributed by atoms with Gasteiger partial charge in [0, 0.05) is 0 Å². The molecule has 104 valence electrons. The number of hydrogen-bond acceptors (Lipinski definition) is 2. The fourth-order valence-electron chi connectivity index (χ4n) is 1.74.